The van der Waals surface area contributed by atoms with Crippen LogP contribution in [0.25, 0.3) is 11.0 Å². The molecule has 0 spiro atoms. The molecule has 2 aromatic heterocycles. The number of carbonyl (C=O) groups is 1. The maximum atomic E-state index is 13.4. The molecular weight excluding hydrogens is 421 g/mol. The summed E-state index contributed by atoms with van der Waals surface area (Å²) in [6.45, 7) is 2.70. The Morgan fingerprint density at radius 1 is 1.17 bits per heavy atom. The van der Waals surface area contributed by atoms with Gasteiger partial charge in [-0.05, 0) is 19.2 Å². The molecule has 3 heterocycles. The third-order valence-corrected chi connectivity index (χ3v) is 5.63. The summed E-state index contributed by atoms with van der Waals surface area (Å²) in [4.78, 5) is 19.9. The zero-order chi connectivity index (χ0) is 21.3. The van der Waals surface area contributed by atoms with Crippen molar-refractivity contribution in [3.63, 3.8) is 0 Å². The molecule has 0 radical (unpaired) electrons. The first-order valence-electron chi connectivity index (χ1n) is 9.25. The van der Waals surface area contributed by atoms with Gasteiger partial charge < -0.3 is 18.8 Å². The standard InChI is InChI=1S/C18H19F3N6O2S/c1-25-6-8-26(9-7-25)15(28)11-30-17-24-23-14(29-17)10-27-13-5-3-2-4-12(13)22-16(27)18(19,20)21/h2-5H,6-11H2,1H3. The predicted molar refractivity (Wildman–Crippen MR) is 103 cm³/mol. The number of alkyl halides is 3. The second-order valence-corrected chi connectivity index (χ2v) is 7.87. The summed E-state index contributed by atoms with van der Waals surface area (Å²) in [5, 5.41) is 7.83. The Balaban J connectivity index is 1.44. The van der Waals surface area contributed by atoms with Crippen LogP contribution in [0, 0.1) is 0 Å². The molecule has 12 heteroatoms. The third-order valence-electron chi connectivity index (χ3n) is 4.82. The Morgan fingerprint density at radius 3 is 2.63 bits per heavy atom. The van der Waals surface area contributed by atoms with Gasteiger partial charge in [-0.2, -0.15) is 13.2 Å². The number of imidazole rings is 1. The van der Waals surface area contributed by atoms with Crippen LogP contribution in [0.15, 0.2) is 33.9 Å². The molecule has 8 nitrogen and oxygen atoms in total. The van der Waals surface area contributed by atoms with Crippen molar-refractivity contribution in [3.05, 3.63) is 36.0 Å². The van der Waals surface area contributed by atoms with Crippen molar-refractivity contribution < 1.29 is 22.4 Å². The van der Waals surface area contributed by atoms with Crippen LogP contribution in [-0.2, 0) is 17.5 Å². The summed E-state index contributed by atoms with van der Waals surface area (Å²) in [7, 11) is 2.00. The number of carbonyl (C=O) groups excluding carboxylic acids is 1. The van der Waals surface area contributed by atoms with Crippen LogP contribution >= 0.6 is 11.8 Å². The van der Waals surface area contributed by atoms with E-state index in [-0.39, 0.29) is 34.8 Å². The van der Waals surface area contributed by atoms with Crippen LogP contribution in [-0.4, -0.2) is 74.4 Å². The summed E-state index contributed by atoms with van der Waals surface area (Å²) in [6.07, 6.45) is -4.62. The molecule has 160 valence electrons. The van der Waals surface area contributed by atoms with E-state index in [2.05, 4.69) is 20.1 Å². The van der Waals surface area contributed by atoms with Crippen molar-refractivity contribution in [3.8, 4) is 0 Å². The lowest BCUT2D eigenvalue weighted by Gasteiger charge is -2.32. The summed E-state index contributed by atoms with van der Waals surface area (Å²) in [5.41, 5.74) is 0.555. The fraction of sp³-hybridized carbons (Fsp3) is 0.444. The number of hydrogen-bond acceptors (Lipinski definition) is 7. The molecule has 0 bridgehead atoms. The number of likely N-dealkylation sites (N-methyl/N-ethyl adjacent to an activating group) is 1. The Hall–Kier alpha value is -2.60. The number of thioether (sulfide) groups is 1. The highest BCUT2D eigenvalue weighted by Crippen LogP contribution is 2.32. The quantitative estimate of drug-likeness (QED) is 0.564. The van der Waals surface area contributed by atoms with Gasteiger partial charge in [-0.1, -0.05) is 23.9 Å². The lowest BCUT2D eigenvalue weighted by atomic mass is 10.3. The molecular formula is C18H19F3N6O2S. The second kappa shape index (κ2) is 8.26. The predicted octanol–water partition coefficient (Wildman–Crippen LogP) is 2.35. The van der Waals surface area contributed by atoms with Gasteiger partial charge >= 0.3 is 6.18 Å². The molecule has 1 aliphatic heterocycles. The molecule has 4 rings (SSSR count). The number of nitrogens with zero attached hydrogens (tertiary/aromatic N) is 6. The lowest BCUT2D eigenvalue weighted by molar-refractivity contribution is -0.146. The van der Waals surface area contributed by atoms with Gasteiger partial charge in [-0.15, -0.1) is 10.2 Å². The molecule has 3 aromatic rings. The van der Waals surface area contributed by atoms with E-state index in [1.165, 1.54) is 6.07 Å². The van der Waals surface area contributed by atoms with Crippen molar-refractivity contribution >= 4 is 28.7 Å². The van der Waals surface area contributed by atoms with E-state index < -0.39 is 12.0 Å². The molecule has 1 fully saturated rings. The average molecular weight is 440 g/mol. The Kier molecular flexibility index (Phi) is 5.69. The van der Waals surface area contributed by atoms with E-state index in [1.807, 2.05) is 7.05 Å². The van der Waals surface area contributed by atoms with E-state index in [9.17, 15) is 18.0 Å². The molecule has 0 atom stereocenters. The number of aromatic nitrogens is 4. The summed E-state index contributed by atoms with van der Waals surface area (Å²) < 4.78 is 46.7. The minimum Gasteiger partial charge on any atom is -0.414 e. The van der Waals surface area contributed by atoms with Gasteiger partial charge in [0.2, 0.25) is 17.6 Å². The number of para-hydroxylation sites is 2. The molecule has 1 saturated heterocycles. The monoisotopic (exact) mass is 440 g/mol. The van der Waals surface area contributed by atoms with Gasteiger partial charge in [0, 0.05) is 26.2 Å². The van der Waals surface area contributed by atoms with Gasteiger partial charge in [0.15, 0.2) is 0 Å². The van der Waals surface area contributed by atoms with Crippen LogP contribution in [0.2, 0.25) is 0 Å². The van der Waals surface area contributed by atoms with Crippen LogP contribution in [0.5, 0.6) is 0 Å². The molecule has 30 heavy (non-hydrogen) atoms. The van der Waals surface area contributed by atoms with Gasteiger partial charge in [0.25, 0.3) is 5.22 Å². The van der Waals surface area contributed by atoms with Crippen molar-refractivity contribution in [1.29, 1.82) is 0 Å². The smallest absolute Gasteiger partial charge is 0.414 e. The van der Waals surface area contributed by atoms with Crippen LogP contribution in [0.4, 0.5) is 13.2 Å². The Labute approximate surface area is 174 Å². The highest BCUT2D eigenvalue weighted by Gasteiger charge is 2.38. The molecule has 0 aliphatic carbocycles. The lowest BCUT2D eigenvalue weighted by Crippen LogP contribution is -2.47. The normalized spacial score (nSPS) is 15.8. The van der Waals surface area contributed by atoms with Crippen LogP contribution in [0.3, 0.4) is 0 Å². The van der Waals surface area contributed by atoms with Gasteiger partial charge in [-0.25, -0.2) is 4.98 Å². The first-order valence-corrected chi connectivity index (χ1v) is 10.2. The largest absolute Gasteiger partial charge is 0.449 e. The van der Waals surface area contributed by atoms with E-state index in [0.717, 1.165) is 29.4 Å². The Morgan fingerprint density at radius 2 is 1.90 bits per heavy atom. The van der Waals surface area contributed by atoms with Crippen molar-refractivity contribution in [2.24, 2.45) is 0 Å². The van der Waals surface area contributed by atoms with E-state index in [1.54, 1.807) is 23.1 Å². The SMILES string of the molecule is CN1CCN(C(=O)CSc2nnc(Cn3c(C(F)(F)F)nc4ccccc43)o2)CC1. The number of hydrogen-bond donors (Lipinski definition) is 0. The highest BCUT2D eigenvalue weighted by molar-refractivity contribution is 7.99. The minimum atomic E-state index is -4.62. The number of fused-ring (bicyclic) bond motifs is 1. The third kappa shape index (κ3) is 4.43. The number of rotatable bonds is 5. The van der Waals surface area contributed by atoms with E-state index >= 15 is 0 Å². The molecule has 0 unspecified atom stereocenters. The fourth-order valence-corrected chi connectivity index (χ4v) is 3.90. The summed E-state index contributed by atoms with van der Waals surface area (Å²) in [6, 6.07) is 6.33. The molecule has 1 aliphatic rings. The number of benzene rings is 1. The topological polar surface area (TPSA) is 80.3 Å². The average Bonchev–Trinajstić information content (AvgIpc) is 3.32. The maximum Gasteiger partial charge on any atom is 0.449 e. The highest BCUT2D eigenvalue weighted by atomic mass is 32.2. The molecule has 1 aromatic carbocycles. The first-order chi connectivity index (χ1) is 14.3. The maximum absolute atomic E-state index is 13.4. The van der Waals surface area contributed by atoms with Crippen molar-refractivity contribution in [1.82, 2.24) is 29.5 Å². The molecule has 0 N–H and O–H groups in total. The second-order valence-electron chi connectivity index (χ2n) is 6.94. The van der Waals surface area contributed by atoms with E-state index in [4.69, 9.17) is 4.42 Å². The number of halogens is 3. The number of amides is 1. The first kappa shape index (κ1) is 20.7. The summed E-state index contributed by atoms with van der Waals surface area (Å²) in [5.74, 6) is -0.917. The summed E-state index contributed by atoms with van der Waals surface area (Å²) >= 11 is 1.08. The van der Waals surface area contributed by atoms with Crippen LogP contribution < -0.4 is 0 Å². The number of piperazine rings is 1. The van der Waals surface area contributed by atoms with Gasteiger partial charge in [0.1, 0.15) is 6.54 Å². The zero-order valence-electron chi connectivity index (χ0n) is 16.1. The fourth-order valence-electron chi connectivity index (χ4n) is 3.22. The zero-order valence-corrected chi connectivity index (χ0v) is 16.9. The Bertz CT molecular complexity index is 1040. The van der Waals surface area contributed by atoms with Gasteiger partial charge in [0.05, 0.1) is 16.8 Å². The van der Waals surface area contributed by atoms with E-state index in [0.29, 0.717) is 18.6 Å². The minimum absolute atomic E-state index is 0.0122. The molecule has 0 saturated carbocycles. The molecule has 1 amide bonds. The van der Waals surface area contributed by atoms with Crippen molar-refractivity contribution in [2.45, 2.75) is 17.9 Å². The van der Waals surface area contributed by atoms with Crippen molar-refractivity contribution in [2.75, 3.05) is 39.0 Å². The van der Waals surface area contributed by atoms with Gasteiger partial charge in [-0.3, -0.25) is 4.79 Å². The van der Waals surface area contributed by atoms with Crippen LogP contribution in [0.1, 0.15) is 11.7 Å².